The lowest BCUT2D eigenvalue weighted by atomic mass is 9.87. The second-order valence-corrected chi connectivity index (χ2v) is 17.5. The van der Waals surface area contributed by atoms with Gasteiger partial charge in [0.1, 0.15) is 23.3 Å². The molecule has 0 aliphatic rings. The third-order valence-corrected chi connectivity index (χ3v) is 13.3. The summed E-state index contributed by atoms with van der Waals surface area (Å²) in [5, 5.41) is 7.04. The summed E-state index contributed by atoms with van der Waals surface area (Å²) in [5.41, 5.74) is 13.4. The van der Waals surface area contributed by atoms with Crippen molar-refractivity contribution >= 4 is 66.4 Å². The van der Waals surface area contributed by atoms with E-state index >= 15 is 0 Å². The van der Waals surface area contributed by atoms with Crippen LogP contribution < -0.4 is 9.80 Å². The molecule has 12 aromatic carbocycles. The Morgan fingerprint density at radius 2 is 0.414 bits per heavy atom. The van der Waals surface area contributed by atoms with E-state index in [0.29, 0.717) is 0 Å². The van der Waals surface area contributed by atoms with Crippen molar-refractivity contribution in [1.29, 1.82) is 0 Å². The lowest BCUT2D eigenvalue weighted by molar-refractivity contribution is 0.627. The van der Waals surface area contributed by atoms with Crippen molar-refractivity contribution in [2.24, 2.45) is 0 Å². The zero-order valence-corrected chi connectivity index (χ0v) is 37.5. The third kappa shape index (κ3) is 7.85. The fourth-order valence-corrected chi connectivity index (χ4v) is 9.85. The molecule has 0 unspecified atom stereocenters. The first-order valence-electron chi connectivity index (χ1n) is 23.1. The van der Waals surface area contributed by atoms with Gasteiger partial charge in [0.2, 0.25) is 0 Å². The van der Waals surface area contributed by atoms with Crippen molar-refractivity contribution in [1.82, 2.24) is 0 Å². The summed E-state index contributed by atoms with van der Waals surface area (Å²) in [6, 6.07) is 76.8. The van der Waals surface area contributed by atoms with Gasteiger partial charge in [0.05, 0.1) is 0 Å². The van der Waals surface area contributed by atoms with Crippen molar-refractivity contribution in [2.75, 3.05) is 9.80 Å². The highest BCUT2D eigenvalue weighted by molar-refractivity contribution is 6.27. The Hall–Kier alpha value is -9.00. The third-order valence-electron chi connectivity index (χ3n) is 13.3. The predicted molar refractivity (Wildman–Crippen MR) is 281 cm³/mol. The van der Waals surface area contributed by atoms with Gasteiger partial charge in [-0.2, -0.15) is 0 Å². The molecular weight excluding hydrogens is 873 g/mol. The van der Waals surface area contributed by atoms with Gasteiger partial charge in [0.25, 0.3) is 0 Å². The molecule has 12 aromatic rings. The van der Waals surface area contributed by atoms with E-state index in [1.807, 2.05) is 48.5 Å². The Morgan fingerprint density at radius 1 is 0.200 bits per heavy atom. The largest absolute Gasteiger partial charge is 0.311 e. The lowest BCUT2D eigenvalue weighted by Crippen LogP contribution is -2.09. The van der Waals surface area contributed by atoms with E-state index in [1.54, 1.807) is 48.5 Å². The van der Waals surface area contributed by atoms with Crippen molar-refractivity contribution in [2.45, 2.75) is 0 Å². The molecule has 6 heteroatoms. The molecule has 0 aliphatic carbocycles. The van der Waals surface area contributed by atoms with E-state index in [9.17, 15) is 17.6 Å². The summed E-state index contributed by atoms with van der Waals surface area (Å²) in [7, 11) is 0. The van der Waals surface area contributed by atoms with Crippen molar-refractivity contribution < 1.29 is 17.6 Å². The molecular formula is C64H40F4N2. The summed E-state index contributed by atoms with van der Waals surface area (Å²) in [4.78, 5) is 4.20. The standard InChI is InChI=1S/C64H40F4N2/c65-49-17-1-41(2-18-49)43-5-25-53(26-6-43)69(57-33-21-51(67)22-34-57)55-29-9-45(10-30-55)59-37-13-47-16-40-62-60(38-14-48-15-39-61(59)63(47)64(48)62)46-11-31-56(32-12-46)70(58-35-23-52(68)24-36-58)54-27-7-44(8-28-54)42-3-19-50(66)20-4-42/h1-40H. The van der Waals surface area contributed by atoms with Gasteiger partial charge in [-0.3, -0.25) is 0 Å². The first kappa shape index (κ1) is 42.4. The Morgan fingerprint density at radius 3 is 0.700 bits per heavy atom. The number of anilines is 6. The Labute approximate surface area is 402 Å². The first-order valence-corrected chi connectivity index (χ1v) is 23.1. The van der Waals surface area contributed by atoms with Crippen molar-refractivity contribution in [3.05, 3.63) is 266 Å². The normalized spacial score (nSPS) is 11.4. The molecule has 0 aromatic heterocycles. The summed E-state index contributed by atoms with van der Waals surface area (Å²) in [6.45, 7) is 0. The molecule has 0 amide bonds. The summed E-state index contributed by atoms with van der Waals surface area (Å²) < 4.78 is 55.7. The van der Waals surface area contributed by atoms with Crippen molar-refractivity contribution in [3.63, 3.8) is 0 Å². The lowest BCUT2D eigenvalue weighted by Gasteiger charge is -2.26. The number of nitrogens with zero attached hydrogens (tertiary/aromatic N) is 2. The fraction of sp³-hybridized carbons (Fsp3) is 0. The van der Waals surface area contributed by atoms with Crippen LogP contribution in [0.3, 0.4) is 0 Å². The van der Waals surface area contributed by atoms with Crippen LogP contribution >= 0.6 is 0 Å². The van der Waals surface area contributed by atoms with Gasteiger partial charge in [-0.05, 0) is 198 Å². The van der Waals surface area contributed by atoms with Crippen molar-refractivity contribution in [3.8, 4) is 44.5 Å². The fourth-order valence-electron chi connectivity index (χ4n) is 9.85. The van der Waals surface area contributed by atoms with Crippen LogP contribution in [-0.2, 0) is 0 Å². The maximum Gasteiger partial charge on any atom is 0.123 e. The minimum absolute atomic E-state index is 0.277. The molecule has 0 aliphatic heterocycles. The monoisotopic (exact) mass is 912 g/mol. The maximum absolute atomic E-state index is 14.2. The average Bonchev–Trinajstić information content (AvgIpc) is 3.40. The Kier molecular flexibility index (Phi) is 10.6. The number of benzene rings is 12. The highest BCUT2D eigenvalue weighted by Crippen LogP contribution is 2.44. The van der Waals surface area contributed by atoms with Gasteiger partial charge in [-0.25, -0.2) is 17.6 Å². The van der Waals surface area contributed by atoms with Gasteiger partial charge in [0, 0.05) is 34.1 Å². The van der Waals surface area contributed by atoms with Gasteiger partial charge in [-0.1, -0.05) is 121 Å². The molecule has 0 heterocycles. The van der Waals surface area contributed by atoms with Gasteiger partial charge in [0.15, 0.2) is 0 Å². The van der Waals surface area contributed by atoms with E-state index in [-0.39, 0.29) is 23.3 Å². The highest BCUT2D eigenvalue weighted by Gasteiger charge is 2.19. The molecule has 0 radical (unpaired) electrons. The van der Waals surface area contributed by atoms with E-state index < -0.39 is 0 Å². The van der Waals surface area contributed by atoms with Crippen LogP contribution in [0.5, 0.6) is 0 Å². The summed E-state index contributed by atoms with van der Waals surface area (Å²) in [6.07, 6.45) is 0. The zero-order chi connectivity index (χ0) is 47.3. The number of halogens is 4. The van der Waals surface area contributed by atoms with E-state index in [4.69, 9.17) is 0 Å². The number of hydrogen-bond donors (Lipinski definition) is 0. The molecule has 0 N–H and O–H groups in total. The van der Waals surface area contributed by atoms with Crippen LogP contribution in [0, 0.1) is 23.3 Å². The minimum Gasteiger partial charge on any atom is -0.311 e. The number of rotatable bonds is 10. The highest BCUT2D eigenvalue weighted by atomic mass is 19.1. The zero-order valence-electron chi connectivity index (χ0n) is 37.5. The SMILES string of the molecule is Fc1ccc(-c2ccc(N(c3ccc(F)cc3)c3ccc(-c4ccc5ccc6c(-c7ccc(N(c8ccc(F)cc8)c8ccc(-c9ccc(F)cc9)cc8)cc7)ccc7ccc4c5c76)cc3)cc2)cc1. The Bertz CT molecular complexity index is 3540. The molecule has 0 spiro atoms. The molecule has 2 nitrogen and oxygen atoms in total. The maximum atomic E-state index is 14.2. The molecule has 0 saturated carbocycles. The van der Waals surface area contributed by atoms with Crippen LogP contribution in [0.4, 0.5) is 51.7 Å². The van der Waals surface area contributed by atoms with E-state index in [1.165, 1.54) is 59.3 Å². The van der Waals surface area contributed by atoms with Gasteiger partial charge in [-0.15, -0.1) is 0 Å². The molecule has 12 rings (SSSR count). The van der Waals surface area contributed by atoms with Crippen LogP contribution in [0.2, 0.25) is 0 Å². The quantitative estimate of drug-likeness (QED) is 0.0996. The van der Waals surface area contributed by atoms with Crippen LogP contribution in [0.15, 0.2) is 243 Å². The van der Waals surface area contributed by atoms with Crippen LogP contribution in [-0.4, -0.2) is 0 Å². The van der Waals surface area contributed by atoms with Gasteiger partial charge < -0.3 is 9.80 Å². The summed E-state index contributed by atoms with van der Waals surface area (Å²) >= 11 is 0. The molecule has 70 heavy (non-hydrogen) atoms. The molecule has 0 fully saturated rings. The molecule has 0 atom stereocenters. The van der Waals surface area contributed by atoms with Crippen LogP contribution in [0.25, 0.3) is 76.8 Å². The molecule has 0 saturated heterocycles. The van der Waals surface area contributed by atoms with E-state index in [2.05, 4.69) is 107 Å². The Balaban J connectivity index is 0.885. The van der Waals surface area contributed by atoms with Gasteiger partial charge >= 0.3 is 0 Å². The smallest absolute Gasteiger partial charge is 0.123 e. The topological polar surface area (TPSA) is 6.48 Å². The average molecular weight is 913 g/mol. The second-order valence-electron chi connectivity index (χ2n) is 17.5. The van der Waals surface area contributed by atoms with E-state index in [0.717, 1.165) is 100 Å². The van der Waals surface area contributed by atoms with Crippen LogP contribution in [0.1, 0.15) is 0 Å². The first-order chi connectivity index (χ1) is 34.3. The molecule has 334 valence electrons. The second kappa shape index (κ2) is 17.6. The predicted octanol–water partition coefficient (Wildman–Crippen LogP) is 18.7. The minimum atomic E-state index is -0.307. The molecule has 0 bridgehead atoms. The number of hydrogen-bond acceptors (Lipinski definition) is 2. The summed E-state index contributed by atoms with van der Waals surface area (Å²) in [5.74, 6) is -1.17.